The number of thiophene rings is 1. The molecule has 16 heavy (non-hydrogen) atoms. The fourth-order valence-corrected chi connectivity index (χ4v) is 3.21. The van der Waals surface area contributed by atoms with E-state index in [0.29, 0.717) is 12.8 Å². The van der Waals surface area contributed by atoms with Crippen LogP contribution in [-0.4, -0.2) is 25.0 Å². The summed E-state index contributed by atoms with van der Waals surface area (Å²) in [6.45, 7) is 3.64. The van der Waals surface area contributed by atoms with Crippen molar-refractivity contribution >= 4 is 21.2 Å². The zero-order valence-corrected chi connectivity index (χ0v) is 11.3. The maximum absolute atomic E-state index is 11.2. The van der Waals surface area contributed by atoms with Crippen molar-refractivity contribution in [1.82, 2.24) is 0 Å². The fourth-order valence-electron chi connectivity index (χ4n) is 1.42. The Bertz CT molecular complexity index is 420. The summed E-state index contributed by atoms with van der Waals surface area (Å²) < 4.78 is 22.5. The topological polar surface area (TPSA) is 54.4 Å². The van der Waals surface area contributed by atoms with Crippen LogP contribution in [0, 0.1) is 6.92 Å². The van der Waals surface area contributed by atoms with Crippen LogP contribution in [0.2, 0.25) is 0 Å². The molecule has 1 aromatic rings. The van der Waals surface area contributed by atoms with Crippen molar-refractivity contribution in [3.8, 4) is 0 Å². The highest BCUT2D eigenvalue weighted by atomic mass is 32.2. The van der Waals surface area contributed by atoms with Crippen LogP contribution in [0.4, 0.5) is 0 Å². The number of rotatable bonds is 6. The second-order valence-electron chi connectivity index (χ2n) is 3.84. The van der Waals surface area contributed by atoms with Crippen molar-refractivity contribution in [1.29, 1.82) is 0 Å². The third-order valence-electron chi connectivity index (χ3n) is 2.46. The zero-order chi connectivity index (χ0) is 12.2. The van der Waals surface area contributed by atoms with Crippen molar-refractivity contribution in [2.45, 2.75) is 32.8 Å². The summed E-state index contributed by atoms with van der Waals surface area (Å²) in [5.41, 5.74) is 0. The average Bonchev–Trinajstić information content (AvgIpc) is 2.64. The first-order valence-electron chi connectivity index (χ1n) is 5.39. The van der Waals surface area contributed by atoms with Crippen molar-refractivity contribution < 1.29 is 13.5 Å². The van der Waals surface area contributed by atoms with Crippen LogP contribution in [0.3, 0.4) is 0 Å². The SMILES string of the molecule is CCS(=O)(=O)CCCC(O)c1ccc(C)s1. The molecule has 0 saturated carbocycles. The van der Waals surface area contributed by atoms with Gasteiger partial charge in [0.25, 0.3) is 0 Å². The van der Waals surface area contributed by atoms with E-state index >= 15 is 0 Å². The summed E-state index contributed by atoms with van der Waals surface area (Å²) in [5.74, 6) is 0.353. The molecule has 92 valence electrons. The van der Waals surface area contributed by atoms with E-state index in [9.17, 15) is 13.5 Å². The van der Waals surface area contributed by atoms with Crippen molar-refractivity contribution in [3.63, 3.8) is 0 Å². The quantitative estimate of drug-likeness (QED) is 0.856. The Hall–Kier alpha value is -0.390. The molecule has 1 rings (SSSR count). The summed E-state index contributed by atoms with van der Waals surface area (Å²) >= 11 is 1.56. The Labute approximate surface area is 101 Å². The fraction of sp³-hybridized carbons (Fsp3) is 0.636. The Morgan fingerprint density at radius 2 is 2.12 bits per heavy atom. The first kappa shape index (κ1) is 13.7. The van der Waals surface area contributed by atoms with Gasteiger partial charge in [-0.3, -0.25) is 0 Å². The lowest BCUT2D eigenvalue weighted by molar-refractivity contribution is 0.170. The standard InChI is InChI=1S/C11H18O3S2/c1-3-16(13,14)8-4-5-10(12)11-7-6-9(2)15-11/h6-7,10,12H,3-5,8H2,1-2H3. The molecule has 3 nitrogen and oxygen atoms in total. The maximum atomic E-state index is 11.2. The second kappa shape index (κ2) is 5.80. The molecule has 0 bridgehead atoms. The molecule has 1 atom stereocenters. The van der Waals surface area contributed by atoms with E-state index in [1.807, 2.05) is 19.1 Å². The molecule has 0 spiro atoms. The van der Waals surface area contributed by atoms with E-state index in [-0.39, 0.29) is 11.5 Å². The van der Waals surface area contributed by atoms with Gasteiger partial charge in [-0.1, -0.05) is 6.92 Å². The predicted molar refractivity (Wildman–Crippen MR) is 67.6 cm³/mol. The lowest BCUT2D eigenvalue weighted by Crippen LogP contribution is -2.09. The van der Waals surface area contributed by atoms with Gasteiger partial charge in [0.2, 0.25) is 0 Å². The van der Waals surface area contributed by atoms with Gasteiger partial charge in [0.1, 0.15) is 9.84 Å². The molecule has 0 fully saturated rings. The maximum Gasteiger partial charge on any atom is 0.150 e. The monoisotopic (exact) mass is 262 g/mol. The smallest absolute Gasteiger partial charge is 0.150 e. The number of sulfone groups is 1. The van der Waals surface area contributed by atoms with Crippen molar-refractivity contribution in [3.05, 3.63) is 21.9 Å². The molecule has 1 unspecified atom stereocenters. The van der Waals surface area contributed by atoms with E-state index in [1.165, 1.54) is 0 Å². The van der Waals surface area contributed by atoms with Gasteiger partial charge in [0, 0.05) is 15.5 Å². The van der Waals surface area contributed by atoms with Gasteiger partial charge in [-0.2, -0.15) is 0 Å². The van der Waals surface area contributed by atoms with Gasteiger partial charge in [-0.25, -0.2) is 8.42 Å². The molecule has 0 aliphatic carbocycles. The van der Waals surface area contributed by atoms with Crippen LogP contribution < -0.4 is 0 Å². The number of hydrogen-bond donors (Lipinski definition) is 1. The van der Waals surface area contributed by atoms with E-state index in [0.717, 1.165) is 9.75 Å². The second-order valence-corrected chi connectivity index (χ2v) is 7.64. The predicted octanol–water partition coefficient (Wildman–Crippen LogP) is 2.30. The summed E-state index contributed by atoms with van der Waals surface area (Å²) in [6.07, 6.45) is 0.513. The Morgan fingerprint density at radius 1 is 1.44 bits per heavy atom. The molecule has 0 saturated heterocycles. The van der Waals surface area contributed by atoms with Crippen molar-refractivity contribution in [2.75, 3.05) is 11.5 Å². The molecule has 0 aromatic carbocycles. The van der Waals surface area contributed by atoms with Crippen LogP contribution in [0.5, 0.6) is 0 Å². The van der Waals surface area contributed by atoms with Crippen LogP contribution in [0.15, 0.2) is 12.1 Å². The molecule has 0 radical (unpaired) electrons. The lowest BCUT2D eigenvalue weighted by Gasteiger charge is -2.07. The normalized spacial score (nSPS) is 13.9. The summed E-state index contributed by atoms with van der Waals surface area (Å²) in [5, 5.41) is 9.82. The average molecular weight is 262 g/mol. The van der Waals surface area contributed by atoms with Gasteiger partial charge in [-0.05, 0) is 31.9 Å². The summed E-state index contributed by atoms with van der Waals surface area (Å²) in [4.78, 5) is 2.08. The largest absolute Gasteiger partial charge is 0.388 e. The summed E-state index contributed by atoms with van der Waals surface area (Å²) in [7, 11) is -2.90. The summed E-state index contributed by atoms with van der Waals surface area (Å²) in [6, 6.07) is 3.87. The Balaban J connectivity index is 2.39. The van der Waals surface area contributed by atoms with Crippen LogP contribution in [-0.2, 0) is 9.84 Å². The minimum atomic E-state index is -2.90. The molecule has 1 heterocycles. The van der Waals surface area contributed by atoms with Crippen molar-refractivity contribution in [2.24, 2.45) is 0 Å². The molecule has 0 aliphatic rings. The van der Waals surface area contributed by atoms with E-state index in [1.54, 1.807) is 18.3 Å². The first-order valence-corrected chi connectivity index (χ1v) is 8.03. The Morgan fingerprint density at radius 3 is 2.62 bits per heavy atom. The Kier molecular flexibility index (Phi) is 4.95. The van der Waals surface area contributed by atoms with E-state index < -0.39 is 15.9 Å². The highest BCUT2D eigenvalue weighted by Crippen LogP contribution is 2.25. The number of hydrogen-bond acceptors (Lipinski definition) is 4. The molecular formula is C11H18O3S2. The van der Waals surface area contributed by atoms with E-state index in [2.05, 4.69) is 0 Å². The highest BCUT2D eigenvalue weighted by molar-refractivity contribution is 7.91. The van der Waals surface area contributed by atoms with Crippen LogP contribution >= 0.6 is 11.3 Å². The highest BCUT2D eigenvalue weighted by Gasteiger charge is 2.12. The third kappa shape index (κ3) is 4.23. The zero-order valence-electron chi connectivity index (χ0n) is 9.64. The van der Waals surface area contributed by atoms with Gasteiger partial charge < -0.3 is 5.11 Å². The molecule has 5 heteroatoms. The third-order valence-corrected chi connectivity index (χ3v) is 5.35. The first-order chi connectivity index (χ1) is 7.44. The number of aliphatic hydroxyl groups is 1. The molecule has 1 N–H and O–H groups in total. The molecule has 0 aliphatic heterocycles. The van der Waals surface area contributed by atoms with Gasteiger partial charge in [-0.15, -0.1) is 11.3 Å². The van der Waals surface area contributed by atoms with Gasteiger partial charge in [0.15, 0.2) is 0 Å². The number of aryl methyl sites for hydroxylation is 1. The molecule has 0 amide bonds. The lowest BCUT2D eigenvalue weighted by atomic mass is 10.2. The number of aliphatic hydroxyl groups excluding tert-OH is 1. The van der Waals surface area contributed by atoms with Gasteiger partial charge in [0.05, 0.1) is 11.9 Å². The van der Waals surface area contributed by atoms with E-state index in [4.69, 9.17) is 0 Å². The van der Waals surface area contributed by atoms with Gasteiger partial charge >= 0.3 is 0 Å². The minimum absolute atomic E-state index is 0.172. The molecule has 1 aromatic heterocycles. The molecular weight excluding hydrogens is 244 g/mol. The van der Waals surface area contributed by atoms with Crippen LogP contribution in [0.25, 0.3) is 0 Å². The minimum Gasteiger partial charge on any atom is -0.388 e. The van der Waals surface area contributed by atoms with Crippen LogP contribution in [0.1, 0.15) is 35.6 Å².